The summed E-state index contributed by atoms with van der Waals surface area (Å²) in [4.78, 5) is 3.87. The number of rotatable bonds is 5. The van der Waals surface area contributed by atoms with Gasteiger partial charge in [-0.3, -0.25) is 0 Å². The van der Waals surface area contributed by atoms with Crippen molar-refractivity contribution in [2.45, 2.75) is 62.4 Å². The normalized spacial score (nSPS) is 20.0. The molecule has 1 saturated carbocycles. The second-order valence-corrected chi connectivity index (χ2v) is 11.0. The molecule has 1 fully saturated rings. The minimum atomic E-state index is -4.89. The molecule has 0 unspecified atom stereocenters. The van der Waals surface area contributed by atoms with Crippen LogP contribution in [0.3, 0.4) is 0 Å². The maximum Gasteiger partial charge on any atom is 0.417 e. The summed E-state index contributed by atoms with van der Waals surface area (Å²) in [5, 5.41) is 24.3. The number of sulfonamides is 1. The molecular formula is C19H21F3N4O4S2. The van der Waals surface area contributed by atoms with E-state index in [0.717, 1.165) is 23.5 Å². The van der Waals surface area contributed by atoms with Crippen molar-refractivity contribution in [3.8, 4) is 11.3 Å². The lowest BCUT2D eigenvalue weighted by molar-refractivity contribution is -0.139. The fraction of sp³-hybridized carbons (Fsp3) is 0.474. The predicted octanol–water partition coefficient (Wildman–Crippen LogP) is 2.81. The minimum absolute atomic E-state index is 0.140. The van der Waals surface area contributed by atoms with E-state index in [1.165, 1.54) is 10.6 Å². The third-order valence-electron chi connectivity index (χ3n) is 5.19. The number of hydrogen-bond donors (Lipinski definition) is 3. The summed E-state index contributed by atoms with van der Waals surface area (Å²) in [6.45, 7) is 4.73. The van der Waals surface area contributed by atoms with Crippen LogP contribution in [0.5, 0.6) is 0 Å². The number of benzene rings is 1. The van der Waals surface area contributed by atoms with Crippen LogP contribution in [0.25, 0.3) is 16.2 Å². The third-order valence-corrected chi connectivity index (χ3v) is 7.97. The Morgan fingerprint density at radius 2 is 1.91 bits per heavy atom. The number of aliphatic hydroxyl groups excluding tert-OH is 1. The van der Waals surface area contributed by atoms with Crippen molar-refractivity contribution in [2.75, 3.05) is 0 Å². The highest BCUT2D eigenvalue weighted by molar-refractivity contribution is 7.89. The Bertz CT molecular complexity index is 1290. The molecule has 0 spiro atoms. The smallest absolute Gasteiger partial charge is 0.393 e. The Balaban J connectivity index is 1.86. The molecule has 0 aliphatic heterocycles. The number of nitrogens with zero attached hydrogens (tertiary/aromatic N) is 3. The van der Waals surface area contributed by atoms with Crippen molar-refractivity contribution in [1.29, 1.82) is 0 Å². The summed E-state index contributed by atoms with van der Waals surface area (Å²) in [5.41, 5.74) is -1.57. The number of alkyl halides is 3. The summed E-state index contributed by atoms with van der Waals surface area (Å²) in [5.74, 6) is 0. The summed E-state index contributed by atoms with van der Waals surface area (Å²) in [7, 11) is -4.52. The number of nitrogens with one attached hydrogen (secondary N) is 1. The first-order valence-corrected chi connectivity index (χ1v) is 12.0. The van der Waals surface area contributed by atoms with Gasteiger partial charge in [0.05, 0.1) is 28.0 Å². The first-order valence-electron chi connectivity index (χ1n) is 9.68. The van der Waals surface area contributed by atoms with E-state index >= 15 is 0 Å². The van der Waals surface area contributed by atoms with Crippen molar-refractivity contribution in [1.82, 2.24) is 19.3 Å². The van der Waals surface area contributed by atoms with Gasteiger partial charge in [-0.15, -0.1) is 0 Å². The second-order valence-electron chi connectivity index (χ2n) is 8.36. The number of fused-ring (bicyclic) bond motifs is 1. The molecule has 1 aliphatic rings. The zero-order valence-corrected chi connectivity index (χ0v) is 18.9. The van der Waals surface area contributed by atoms with E-state index in [2.05, 4.69) is 14.8 Å². The monoisotopic (exact) mass is 490 g/mol. The largest absolute Gasteiger partial charge is 0.417 e. The molecule has 4 rings (SSSR count). The van der Waals surface area contributed by atoms with Crippen LogP contribution in [0.15, 0.2) is 23.1 Å². The van der Waals surface area contributed by atoms with Gasteiger partial charge in [-0.2, -0.15) is 18.3 Å². The average molecular weight is 491 g/mol. The van der Waals surface area contributed by atoms with Gasteiger partial charge < -0.3 is 10.2 Å². The Morgan fingerprint density at radius 3 is 2.47 bits per heavy atom. The maximum absolute atomic E-state index is 13.6. The molecule has 8 nitrogen and oxygen atoms in total. The molecule has 0 saturated heterocycles. The number of aliphatic hydroxyl groups is 2. The van der Waals surface area contributed by atoms with Crippen LogP contribution in [0.1, 0.15) is 43.0 Å². The number of hydrogen-bond acceptors (Lipinski definition) is 7. The van der Waals surface area contributed by atoms with E-state index in [9.17, 15) is 31.8 Å². The Kier molecular flexibility index (Phi) is 5.41. The molecule has 2 heterocycles. The number of aromatic nitrogens is 3. The highest BCUT2D eigenvalue weighted by atomic mass is 32.2. The van der Waals surface area contributed by atoms with Gasteiger partial charge in [-0.1, -0.05) is 17.4 Å². The summed E-state index contributed by atoms with van der Waals surface area (Å²) in [6, 6.07) is 2.23. The SMILES string of the molecule is Cc1nc2sc(C(C)(C)O)nn2c1-c1ccc(C(F)(F)F)c(S(=O)(=O)NC2CC(O)C2)c1. The molecule has 0 atom stereocenters. The van der Waals surface area contributed by atoms with Crippen molar-refractivity contribution in [2.24, 2.45) is 0 Å². The van der Waals surface area contributed by atoms with E-state index in [4.69, 9.17) is 0 Å². The highest BCUT2D eigenvalue weighted by Crippen LogP contribution is 2.38. The second kappa shape index (κ2) is 7.48. The topological polar surface area (TPSA) is 117 Å². The van der Waals surface area contributed by atoms with E-state index in [-0.39, 0.29) is 18.4 Å². The van der Waals surface area contributed by atoms with Gasteiger partial charge in [-0.25, -0.2) is 22.6 Å². The first-order chi connectivity index (χ1) is 14.7. The van der Waals surface area contributed by atoms with Crippen LogP contribution in [0.2, 0.25) is 0 Å². The van der Waals surface area contributed by atoms with Gasteiger partial charge in [-0.05, 0) is 45.7 Å². The molecule has 32 heavy (non-hydrogen) atoms. The summed E-state index contributed by atoms with van der Waals surface area (Å²) in [6.07, 6.45) is -5.28. The van der Waals surface area contributed by atoms with Crippen molar-refractivity contribution in [3.63, 3.8) is 0 Å². The lowest BCUT2D eigenvalue weighted by Gasteiger charge is -2.32. The molecular weight excluding hydrogens is 469 g/mol. The summed E-state index contributed by atoms with van der Waals surface area (Å²) < 4.78 is 70.2. The zero-order valence-electron chi connectivity index (χ0n) is 17.3. The fourth-order valence-corrected chi connectivity index (χ4v) is 5.98. The van der Waals surface area contributed by atoms with E-state index in [0.29, 0.717) is 21.4 Å². The molecule has 0 bridgehead atoms. The maximum atomic E-state index is 13.6. The van der Waals surface area contributed by atoms with Gasteiger partial charge in [0.15, 0.2) is 0 Å². The van der Waals surface area contributed by atoms with Crippen LogP contribution in [-0.4, -0.2) is 45.4 Å². The molecule has 0 amide bonds. The first kappa shape index (κ1) is 23.1. The Morgan fingerprint density at radius 1 is 1.25 bits per heavy atom. The van der Waals surface area contributed by atoms with Crippen LogP contribution < -0.4 is 4.72 Å². The molecule has 3 aromatic rings. The molecule has 1 aromatic carbocycles. The van der Waals surface area contributed by atoms with Crippen LogP contribution in [0.4, 0.5) is 13.2 Å². The van der Waals surface area contributed by atoms with Gasteiger partial charge in [0, 0.05) is 11.6 Å². The lowest BCUT2D eigenvalue weighted by Crippen LogP contribution is -2.46. The number of aryl methyl sites for hydroxylation is 1. The highest BCUT2D eigenvalue weighted by Gasteiger charge is 2.40. The molecule has 3 N–H and O–H groups in total. The van der Waals surface area contributed by atoms with Gasteiger partial charge in [0.25, 0.3) is 0 Å². The predicted molar refractivity (Wildman–Crippen MR) is 111 cm³/mol. The minimum Gasteiger partial charge on any atom is -0.393 e. The van der Waals surface area contributed by atoms with Crippen molar-refractivity contribution >= 4 is 26.3 Å². The number of imidazole rings is 1. The zero-order chi connectivity index (χ0) is 23.6. The van der Waals surface area contributed by atoms with Gasteiger partial charge in [0.2, 0.25) is 15.0 Å². The summed E-state index contributed by atoms with van der Waals surface area (Å²) >= 11 is 1.13. The average Bonchev–Trinajstić information content (AvgIpc) is 3.15. The Labute approximate surface area is 185 Å². The van der Waals surface area contributed by atoms with Gasteiger partial charge >= 0.3 is 6.18 Å². The molecule has 174 valence electrons. The molecule has 0 radical (unpaired) electrons. The number of halogens is 3. The van der Waals surface area contributed by atoms with Gasteiger partial charge in [0.1, 0.15) is 10.6 Å². The molecule has 2 aromatic heterocycles. The molecule has 13 heteroatoms. The van der Waals surface area contributed by atoms with Crippen molar-refractivity contribution < 1.29 is 31.8 Å². The van der Waals surface area contributed by atoms with E-state index in [1.807, 2.05) is 0 Å². The Hall–Kier alpha value is -2.06. The van der Waals surface area contributed by atoms with Crippen LogP contribution in [-0.2, 0) is 21.8 Å². The standard InChI is InChI=1S/C19H21F3N4O4S2/c1-9-15(26-17(23-9)31-16(24-26)18(2,3)28)10-4-5-13(19(20,21)22)14(6-10)32(29,30)25-11-7-12(27)8-11/h4-6,11-12,25,27-28H,7-8H2,1-3H3. The van der Waals surface area contributed by atoms with E-state index < -0.39 is 44.4 Å². The van der Waals surface area contributed by atoms with Crippen molar-refractivity contribution in [3.05, 3.63) is 34.5 Å². The van der Waals surface area contributed by atoms with Crippen LogP contribution in [0, 0.1) is 6.92 Å². The quantitative estimate of drug-likeness (QED) is 0.507. The lowest BCUT2D eigenvalue weighted by atomic mass is 9.91. The van der Waals surface area contributed by atoms with E-state index in [1.54, 1.807) is 20.8 Å². The van der Waals surface area contributed by atoms with Crippen LogP contribution >= 0.6 is 11.3 Å². The fourth-order valence-electron chi connectivity index (χ4n) is 3.52. The third kappa shape index (κ3) is 4.15. The molecule has 1 aliphatic carbocycles.